The molecule has 82 valence electrons. The number of nitrogens with two attached hydrogens (primary N) is 2. The number of amides is 1. The first-order valence-corrected chi connectivity index (χ1v) is 4.56. The molecule has 0 atom stereocenters. The van der Waals surface area contributed by atoms with Crippen molar-refractivity contribution in [1.29, 1.82) is 0 Å². The Morgan fingerprint density at radius 2 is 2.13 bits per heavy atom. The van der Waals surface area contributed by atoms with Crippen molar-refractivity contribution in [2.75, 3.05) is 11.1 Å². The predicted molar refractivity (Wildman–Crippen MR) is 58.4 cm³/mol. The molecule has 0 aliphatic rings. The second-order valence-corrected chi connectivity index (χ2v) is 3.90. The normalized spacial score (nSPS) is 11.1. The van der Waals surface area contributed by atoms with E-state index < -0.39 is 11.4 Å². The highest BCUT2D eigenvalue weighted by molar-refractivity contribution is 6.32. The lowest BCUT2D eigenvalue weighted by atomic mass is 10.1. The van der Waals surface area contributed by atoms with Gasteiger partial charge in [0.05, 0.1) is 0 Å². The number of hydrogen-bond acceptors (Lipinski definition) is 5. The van der Waals surface area contributed by atoms with Gasteiger partial charge in [0.1, 0.15) is 17.6 Å². The van der Waals surface area contributed by atoms with Crippen LogP contribution in [0.15, 0.2) is 6.33 Å². The molecule has 0 saturated heterocycles. The zero-order valence-electron chi connectivity index (χ0n) is 8.41. The fourth-order valence-electron chi connectivity index (χ4n) is 0.831. The molecule has 1 aromatic rings. The Balaban J connectivity index is 3.00. The number of nitrogens with one attached hydrogen (secondary N) is 1. The summed E-state index contributed by atoms with van der Waals surface area (Å²) in [5.41, 5.74) is 10.0. The van der Waals surface area contributed by atoms with Crippen LogP contribution in [-0.4, -0.2) is 21.4 Å². The SMILES string of the molecule is CC(C)(Nc1ncnc(Cl)c1N)C(N)=O. The van der Waals surface area contributed by atoms with Gasteiger partial charge in [-0.15, -0.1) is 0 Å². The lowest BCUT2D eigenvalue weighted by Gasteiger charge is -2.23. The highest BCUT2D eigenvalue weighted by atomic mass is 35.5. The monoisotopic (exact) mass is 229 g/mol. The van der Waals surface area contributed by atoms with E-state index in [0.29, 0.717) is 5.82 Å². The number of nitrogen functional groups attached to an aromatic ring is 1. The molecular formula is C8H12ClN5O. The van der Waals surface area contributed by atoms with Gasteiger partial charge in [0.25, 0.3) is 0 Å². The van der Waals surface area contributed by atoms with Crippen molar-refractivity contribution in [2.45, 2.75) is 19.4 Å². The molecule has 7 heteroatoms. The van der Waals surface area contributed by atoms with E-state index in [1.165, 1.54) is 6.33 Å². The molecule has 0 aromatic carbocycles. The van der Waals surface area contributed by atoms with Crippen LogP contribution in [0, 0.1) is 0 Å². The van der Waals surface area contributed by atoms with Gasteiger partial charge in [-0.3, -0.25) is 4.79 Å². The molecule has 0 aliphatic heterocycles. The average molecular weight is 230 g/mol. The quantitative estimate of drug-likeness (QED) is 0.650. The number of hydrogen-bond donors (Lipinski definition) is 3. The first-order chi connectivity index (χ1) is 6.84. The fourth-order valence-corrected chi connectivity index (χ4v) is 0.964. The number of aromatic nitrogens is 2. The standard InChI is InChI=1S/C8H12ClN5O/c1-8(2,7(11)15)14-6-4(10)5(9)12-3-13-6/h3H,10H2,1-2H3,(H2,11,15)(H,12,13,14). The molecule has 0 spiro atoms. The van der Waals surface area contributed by atoms with Gasteiger partial charge in [-0.1, -0.05) is 11.6 Å². The zero-order chi connectivity index (χ0) is 11.6. The summed E-state index contributed by atoms with van der Waals surface area (Å²) in [6.45, 7) is 3.23. The van der Waals surface area contributed by atoms with Gasteiger partial charge in [0.2, 0.25) is 5.91 Å². The molecule has 15 heavy (non-hydrogen) atoms. The van der Waals surface area contributed by atoms with Gasteiger partial charge in [-0.25, -0.2) is 9.97 Å². The second-order valence-electron chi connectivity index (χ2n) is 3.54. The predicted octanol–water partition coefficient (Wildman–Crippen LogP) is 0.388. The molecular weight excluding hydrogens is 218 g/mol. The van der Waals surface area contributed by atoms with Crippen LogP contribution in [0.4, 0.5) is 11.5 Å². The third-order valence-corrected chi connectivity index (χ3v) is 2.18. The Morgan fingerprint density at radius 3 is 2.67 bits per heavy atom. The fraction of sp³-hybridized carbons (Fsp3) is 0.375. The molecule has 6 nitrogen and oxygen atoms in total. The highest BCUT2D eigenvalue weighted by Gasteiger charge is 2.26. The molecule has 0 saturated carbocycles. The van der Waals surface area contributed by atoms with Crippen molar-refractivity contribution in [3.05, 3.63) is 11.5 Å². The van der Waals surface area contributed by atoms with Gasteiger partial charge in [-0.2, -0.15) is 0 Å². The summed E-state index contributed by atoms with van der Waals surface area (Å²) in [5, 5.41) is 2.92. The van der Waals surface area contributed by atoms with Crippen LogP contribution in [0.5, 0.6) is 0 Å². The number of carbonyl (C=O) groups is 1. The lowest BCUT2D eigenvalue weighted by Crippen LogP contribution is -2.45. The number of carbonyl (C=O) groups excluding carboxylic acids is 1. The van der Waals surface area contributed by atoms with Crippen molar-refractivity contribution >= 4 is 29.0 Å². The molecule has 1 amide bonds. The van der Waals surface area contributed by atoms with Crippen LogP contribution in [0.25, 0.3) is 0 Å². The maximum Gasteiger partial charge on any atom is 0.242 e. The van der Waals surface area contributed by atoms with E-state index in [2.05, 4.69) is 15.3 Å². The van der Waals surface area contributed by atoms with Crippen LogP contribution in [-0.2, 0) is 4.79 Å². The van der Waals surface area contributed by atoms with Gasteiger partial charge in [-0.05, 0) is 13.8 Å². The molecule has 1 heterocycles. The van der Waals surface area contributed by atoms with Crippen molar-refractivity contribution in [2.24, 2.45) is 5.73 Å². The largest absolute Gasteiger partial charge is 0.393 e. The van der Waals surface area contributed by atoms with E-state index in [-0.39, 0.29) is 10.8 Å². The summed E-state index contributed by atoms with van der Waals surface area (Å²) in [5.74, 6) is -0.226. The minimum absolute atomic E-state index is 0.132. The molecule has 5 N–H and O–H groups in total. The topological polar surface area (TPSA) is 107 Å². The number of halogens is 1. The van der Waals surface area contributed by atoms with E-state index in [1.54, 1.807) is 13.8 Å². The summed E-state index contributed by atoms with van der Waals surface area (Å²) in [6, 6.07) is 0. The number of primary amides is 1. The first-order valence-electron chi connectivity index (χ1n) is 4.18. The molecule has 0 unspecified atom stereocenters. The van der Waals surface area contributed by atoms with Crippen LogP contribution in [0.2, 0.25) is 5.15 Å². The Bertz CT molecular complexity index is 393. The van der Waals surface area contributed by atoms with Gasteiger partial charge in [0.15, 0.2) is 11.0 Å². The molecule has 0 fully saturated rings. The van der Waals surface area contributed by atoms with E-state index in [4.69, 9.17) is 23.1 Å². The summed E-state index contributed by atoms with van der Waals surface area (Å²) in [4.78, 5) is 18.6. The summed E-state index contributed by atoms with van der Waals surface area (Å²) >= 11 is 5.69. The number of anilines is 2. The maximum absolute atomic E-state index is 11.1. The highest BCUT2D eigenvalue weighted by Crippen LogP contribution is 2.24. The maximum atomic E-state index is 11.1. The van der Waals surface area contributed by atoms with Crippen LogP contribution in [0.1, 0.15) is 13.8 Å². The third-order valence-electron chi connectivity index (χ3n) is 1.88. The Morgan fingerprint density at radius 1 is 1.53 bits per heavy atom. The van der Waals surface area contributed by atoms with Gasteiger partial charge < -0.3 is 16.8 Å². The Hall–Kier alpha value is -1.56. The molecule has 0 aliphatic carbocycles. The molecule has 0 radical (unpaired) electrons. The minimum atomic E-state index is -0.953. The first kappa shape index (κ1) is 11.5. The second kappa shape index (κ2) is 3.90. The lowest BCUT2D eigenvalue weighted by molar-refractivity contribution is -0.121. The molecule has 1 rings (SSSR count). The summed E-state index contributed by atoms with van der Waals surface area (Å²) in [6.07, 6.45) is 1.25. The van der Waals surface area contributed by atoms with Crippen LogP contribution in [0.3, 0.4) is 0 Å². The van der Waals surface area contributed by atoms with Crippen molar-refractivity contribution in [3.63, 3.8) is 0 Å². The summed E-state index contributed by atoms with van der Waals surface area (Å²) < 4.78 is 0. The third kappa shape index (κ3) is 2.47. The van der Waals surface area contributed by atoms with Crippen molar-refractivity contribution in [3.8, 4) is 0 Å². The Kier molecular flexibility index (Phi) is 2.99. The summed E-state index contributed by atoms with van der Waals surface area (Å²) in [7, 11) is 0. The van der Waals surface area contributed by atoms with E-state index >= 15 is 0 Å². The van der Waals surface area contributed by atoms with Crippen LogP contribution >= 0.6 is 11.6 Å². The van der Waals surface area contributed by atoms with E-state index in [1.807, 2.05) is 0 Å². The minimum Gasteiger partial charge on any atom is -0.393 e. The van der Waals surface area contributed by atoms with Crippen molar-refractivity contribution in [1.82, 2.24) is 9.97 Å². The Labute approximate surface area is 92.0 Å². The van der Waals surface area contributed by atoms with Crippen LogP contribution < -0.4 is 16.8 Å². The average Bonchev–Trinajstić information content (AvgIpc) is 2.12. The van der Waals surface area contributed by atoms with Crippen molar-refractivity contribution < 1.29 is 4.79 Å². The molecule has 0 bridgehead atoms. The van der Waals surface area contributed by atoms with Gasteiger partial charge in [0, 0.05) is 0 Å². The van der Waals surface area contributed by atoms with E-state index in [0.717, 1.165) is 0 Å². The number of nitrogens with zero attached hydrogens (tertiary/aromatic N) is 2. The smallest absolute Gasteiger partial charge is 0.242 e. The zero-order valence-corrected chi connectivity index (χ0v) is 9.17. The number of rotatable bonds is 3. The van der Waals surface area contributed by atoms with E-state index in [9.17, 15) is 4.79 Å². The molecule has 1 aromatic heterocycles. The van der Waals surface area contributed by atoms with Gasteiger partial charge >= 0.3 is 0 Å².